The number of benzene rings is 1. The number of anilines is 1. The van der Waals surface area contributed by atoms with E-state index in [1.807, 2.05) is 17.0 Å². The first-order chi connectivity index (χ1) is 14.2. The molecule has 2 aliphatic heterocycles. The second-order valence-electron chi connectivity index (χ2n) is 8.12. The molecular formula is C23H31N5O. The molecule has 6 nitrogen and oxygen atoms in total. The van der Waals surface area contributed by atoms with Gasteiger partial charge in [0.2, 0.25) is 0 Å². The van der Waals surface area contributed by atoms with Crippen molar-refractivity contribution in [1.29, 1.82) is 0 Å². The van der Waals surface area contributed by atoms with Crippen LogP contribution in [0, 0.1) is 5.92 Å². The van der Waals surface area contributed by atoms with E-state index in [0.717, 1.165) is 70.9 Å². The van der Waals surface area contributed by atoms with Crippen LogP contribution in [-0.4, -0.2) is 71.7 Å². The number of amides is 1. The molecule has 6 heteroatoms. The van der Waals surface area contributed by atoms with Crippen molar-refractivity contribution in [2.24, 2.45) is 5.92 Å². The van der Waals surface area contributed by atoms with Gasteiger partial charge in [-0.25, -0.2) is 0 Å². The highest BCUT2D eigenvalue weighted by Gasteiger charge is 2.25. The monoisotopic (exact) mass is 393 g/mol. The standard InChI is InChI=1S/C23H31N5O/c1-2-26-14-16-27(17-15-26)22-9-8-21(24-25-22)23(29)28-12-10-20(11-13-28)18-19-6-4-3-5-7-19/h3-9,20H,2,10-18H2,1H3. The fourth-order valence-electron chi connectivity index (χ4n) is 4.35. The minimum atomic E-state index is 0.0120. The molecular weight excluding hydrogens is 362 g/mol. The van der Waals surface area contributed by atoms with Gasteiger partial charge >= 0.3 is 0 Å². The third kappa shape index (κ3) is 4.93. The van der Waals surface area contributed by atoms with Crippen molar-refractivity contribution in [3.8, 4) is 0 Å². The summed E-state index contributed by atoms with van der Waals surface area (Å²) >= 11 is 0. The fraction of sp³-hybridized carbons (Fsp3) is 0.522. The van der Waals surface area contributed by atoms with Crippen LogP contribution in [0.4, 0.5) is 5.82 Å². The summed E-state index contributed by atoms with van der Waals surface area (Å²) in [4.78, 5) is 19.5. The molecule has 0 atom stereocenters. The highest BCUT2D eigenvalue weighted by Crippen LogP contribution is 2.23. The van der Waals surface area contributed by atoms with Crippen molar-refractivity contribution in [3.05, 3.63) is 53.7 Å². The van der Waals surface area contributed by atoms with Crippen molar-refractivity contribution in [2.75, 3.05) is 50.7 Å². The molecule has 0 N–H and O–H groups in total. The van der Waals surface area contributed by atoms with Gasteiger partial charge in [0.15, 0.2) is 11.5 Å². The Hall–Kier alpha value is -2.47. The van der Waals surface area contributed by atoms with Crippen LogP contribution < -0.4 is 4.90 Å². The van der Waals surface area contributed by atoms with Gasteiger partial charge in [-0.05, 0) is 49.4 Å². The van der Waals surface area contributed by atoms with Gasteiger partial charge in [-0.3, -0.25) is 4.79 Å². The van der Waals surface area contributed by atoms with E-state index in [2.05, 4.69) is 57.3 Å². The molecule has 4 rings (SSSR count). The maximum Gasteiger partial charge on any atom is 0.274 e. The van der Waals surface area contributed by atoms with E-state index in [1.54, 1.807) is 0 Å². The lowest BCUT2D eigenvalue weighted by Gasteiger charge is -2.34. The molecule has 29 heavy (non-hydrogen) atoms. The molecule has 154 valence electrons. The van der Waals surface area contributed by atoms with Crippen molar-refractivity contribution >= 4 is 11.7 Å². The number of nitrogens with zero attached hydrogens (tertiary/aromatic N) is 5. The Bertz CT molecular complexity index is 779. The maximum absolute atomic E-state index is 12.8. The summed E-state index contributed by atoms with van der Waals surface area (Å²) in [7, 11) is 0. The zero-order chi connectivity index (χ0) is 20.1. The normalized spacial score (nSPS) is 18.8. The Morgan fingerprint density at radius 1 is 0.931 bits per heavy atom. The minimum absolute atomic E-state index is 0.0120. The summed E-state index contributed by atoms with van der Waals surface area (Å²) < 4.78 is 0. The van der Waals surface area contributed by atoms with Gasteiger partial charge in [-0.15, -0.1) is 10.2 Å². The second kappa shape index (κ2) is 9.35. The Balaban J connectivity index is 1.29. The molecule has 0 unspecified atom stereocenters. The molecule has 1 aromatic carbocycles. The van der Waals surface area contributed by atoms with Crippen molar-refractivity contribution in [1.82, 2.24) is 20.0 Å². The molecule has 1 aromatic heterocycles. The van der Waals surface area contributed by atoms with Gasteiger partial charge in [0, 0.05) is 39.3 Å². The quantitative estimate of drug-likeness (QED) is 0.782. The van der Waals surface area contributed by atoms with E-state index >= 15 is 0 Å². The summed E-state index contributed by atoms with van der Waals surface area (Å²) in [6.07, 6.45) is 3.20. The SMILES string of the molecule is CCN1CCN(c2ccc(C(=O)N3CCC(Cc4ccccc4)CC3)nn2)CC1. The molecule has 0 saturated carbocycles. The molecule has 0 radical (unpaired) electrons. The topological polar surface area (TPSA) is 52.6 Å². The summed E-state index contributed by atoms with van der Waals surface area (Å²) in [5, 5.41) is 8.61. The number of carbonyl (C=O) groups excluding carboxylic acids is 1. The van der Waals surface area contributed by atoms with E-state index in [9.17, 15) is 4.79 Å². The number of likely N-dealkylation sites (tertiary alicyclic amines) is 1. The minimum Gasteiger partial charge on any atom is -0.353 e. The average Bonchev–Trinajstić information content (AvgIpc) is 2.80. The van der Waals surface area contributed by atoms with Crippen LogP contribution in [0.25, 0.3) is 0 Å². The zero-order valence-electron chi connectivity index (χ0n) is 17.3. The first kappa shape index (κ1) is 19.8. The number of piperidine rings is 1. The number of likely N-dealkylation sites (N-methyl/N-ethyl adjacent to an activating group) is 1. The van der Waals surface area contributed by atoms with Crippen LogP contribution in [0.15, 0.2) is 42.5 Å². The van der Waals surface area contributed by atoms with E-state index in [0.29, 0.717) is 11.6 Å². The smallest absolute Gasteiger partial charge is 0.274 e. The fourth-order valence-corrected chi connectivity index (χ4v) is 4.35. The average molecular weight is 394 g/mol. The van der Waals surface area contributed by atoms with Gasteiger partial charge in [0.1, 0.15) is 0 Å². The summed E-state index contributed by atoms with van der Waals surface area (Å²) in [5.74, 6) is 1.54. The molecule has 2 aliphatic rings. The van der Waals surface area contributed by atoms with Crippen molar-refractivity contribution < 1.29 is 4.79 Å². The number of hydrogen-bond donors (Lipinski definition) is 0. The van der Waals surface area contributed by atoms with Crippen LogP contribution >= 0.6 is 0 Å². The number of rotatable bonds is 5. The Morgan fingerprint density at radius 3 is 2.28 bits per heavy atom. The van der Waals surface area contributed by atoms with Crippen molar-refractivity contribution in [3.63, 3.8) is 0 Å². The van der Waals surface area contributed by atoms with Gasteiger partial charge in [0.25, 0.3) is 5.91 Å². The van der Waals surface area contributed by atoms with Crippen LogP contribution in [0.5, 0.6) is 0 Å². The number of carbonyl (C=O) groups is 1. The lowest BCUT2D eigenvalue weighted by molar-refractivity contribution is 0.0683. The third-order valence-electron chi connectivity index (χ3n) is 6.28. The van der Waals surface area contributed by atoms with Gasteiger partial charge in [-0.1, -0.05) is 37.3 Å². The summed E-state index contributed by atoms with van der Waals surface area (Å²) in [6, 6.07) is 14.4. The zero-order valence-corrected chi connectivity index (χ0v) is 17.3. The lowest BCUT2D eigenvalue weighted by atomic mass is 9.90. The van der Waals surface area contributed by atoms with E-state index in [1.165, 1.54) is 5.56 Å². The summed E-state index contributed by atoms with van der Waals surface area (Å²) in [5.41, 5.74) is 1.85. The second-order valence-corrected chi connectivity index (χ2v) is 8.12. The first-order valence-electron chi connectivity index (χ1n) is 10.9. The van der Waals surface area contributed by atoms with Gasteiger partial charge in [-0.2, -0.15) is 0 Å². The predicted octanol–water partition coefficient (Wildman–Crippen LogP) is 2.71. The van der Waals surface area contributed by atoms with Crippen LogP contribution in [-0.2, 0) is 6.42 Å². The van der Waals surface area contributed by atoms with Crippen LogP contribution in [0.2, 0.25) is 0 Å². The first-order valence-corrected chi connectivity index (χ1v) is 10.9. The molecule has 0 bridgehead atoms. The molecule has 1 amide bonds. The number of aromatic nitrogens is 2. The molecule has 2 aromatic rings. The highest BCUT2D eigenvalue weighted by atomic mass is 16.2. The molecule has 2 saturated heterocycles. The van der Waals surface area contributed by atoms with Gasteiger partial charge < -0.3 is 14.7 Å². The van der Waals surface area contributed by atoms with Gasteiger partial charge in [0.05, 0.1) is 0 Å². The van der Waals surface area contributed by atoms with Crippen LogP contribution in [0.1, 0.15) is 35.8 Å². The highest BCUT2D eigenvalue weighted by molar-refractivity contribution is 5.92. The Kier molecular flexibility index (Phi) is 6.39. The van der Waals surface area contributed by atoms with E-state index in [-0.39, 0.29) is 5.91 Å². The van der Waals surface area contributed by atoms with E-state index in [4.69, 9.17) is 0 Å². The lowest BCUT2D eigenvalue weighted by Crippen LogP contribution is -2.46. The number of hydrogen-bond acceptors (Lipinski definition) is 5. The Labute approximate surface area is 173 Å². The Morgan fingerprint density at radius 2 is 1.66 bits per heavy atom. The number of piperazine rings is 1. The maximum atomic E-state index is 12.8. The summed E-state index contributed by atoms with van der Waals surface area (Å²) in [6.45, 7) is 8.93. The van der Waals surface area contributed by atoms with Crippen molar-refractivity contribution in [2.45, 2.75) is 26.2 Å². The molecule has 2 fully saturated rings. The molecule has 3 heterocycles. The predicted molar refractivity (Wildman–Crippen MR) is 115 cm³/mol. The molecule has 0 aliphatic carbocycles. The largest absolute Gasteiger partial charge is 0.353 e. The van der Waals surface area contributed by atoms with E-state index < -0.39 is 0 Å². The van der Waals surface area contributed by atoms with Crippen LogP contribution in [0.3, 0.4) is 0 Å². The molecule has 0 spiro atoms. The third-order valence-corrected chi connectivity index (χ3v) is 6.28.